The van der Waals surface area contributed by atoms with Crippen molar-refractivity contribution in [2.45, 2.75) is 39.3 Å². The maximum atomic E-state index is 12.3. The molecule has 0 saturated carbocycles. The molecule has 9 nitrogen and oxygen atoms in total. The van der Waals surface area contributed by atoms with Crippen LogP contribution in [-0.2, 0) is 17.7 Å². The fourth-order valence-corrected chi connectivity index (χ4v) is 4.62. The van der Waals surface area contributed by atoms with Gasteiger partial charge in [-0.2, -0.15) is 5.26 Å². The lowest BCUT2D eigenvalue weighted by molar-refractivity contribution is 0.0139. The summed E-state index contributed by atoms with van der Waals surface area (Å²) in [6, 6.07) is 14.2. The fourth-order valence-electron chi connectivity index (χ4n) is 4.62. The minimum Gasteiger partial charge on any atom is -0.444 e. The Bertz CT molecular complexity index is 1490. The van der Waals surface area contributed by atoms with Gasteiger partial charge in [0.15, 0.2) is 0 Å². The molecule has 1 saturated heterocycles. The van der Waals surface area contributed by atoms with Gasteiger partial charge in [-0.15, -0.1) is 0 Å². The van der Waals surface area contributed by atoms with E-state index in [4.69, 9.17) is 9.72 Å². The zero-order chi connectivity index (χ0) is 26.7. The molecule has 1 aliphatic heterocycles. The Hall–Kier alpha value is -4.29. The minimum absolute atomic E-state index is 0.243. The van der Waals surface area contributed by atoms with Crippen molar-refractivity contribution < 1.29 is 9.53 Å². The zero-order valence-corrected chi connectivity index (χ0v) is 21.9. The van der Waals surface area contributed by atoms with Crippen LogP contribution in [0.3, 0.4) is 0 Å². The number of hydrogen-bond donors (Lipinski definition) is 1. The van der Waals surface area contributed by atoms with Crippen LogP contribution < -0.4 is 0 Å². The van der Waals surface area contributed by atoms with E-state index in [0.717, 1.165) is 53.3 Å². The number of carbonyl (C=O) groups excluding carboxylic acids is 1. The number of pyridine rings is 2. The Balaban J connectivity index is 1.23. The third-order valence-corrected chi connectivity index (χ3v) is 6.44. The molecule has 0 spiro atoms. The monoisotopic (exact) mass is 509 g/mol. The van der Waals surface area contributed by atoms with Gasteiger partial charge in [0.05, 0.1) is 16.6 Å². The number of aromatic nitrogens is 4. The molecule has 1 fully saturated rings. The Kier molecular flexibility index (Phi) is 7.07. The molecular weight excluding hydrogens is 478 g/mol. The van der Waals surface area contributed by atoms with Crippen LogP contribution in [0, 0.1) is 11.3 Å². The molecule has 38 heavy (non-hydrogen) atoms. The normalized spacial score (nSPS) is 14.4. The average molecular weight is 510 g/mol. The van der Waals surface area contributed by atoms with Gasteiger partial charge in [0, 0.05) is 69.0 Å². The van der Waals surface area contributed by atoms with Gasteiger partial charge in [-0.1, -0.05) is 6.07 Å². The van der Waals surface area contributed by atoms with Gasteiger partial charge in [-0.3, -0.25) is 14.9 Å². The van der Waals surface area contributed by atoms with E-state index in [2.05, 4.69) is 32.0 Å². The number of fused-ring (bicyclic) bond motifs is 1. The number of ether oxygens (including phenoxy) is 1. The zero-order valence-electron chi connectivity index (χ0n) is 21.9. The van der Waals surface area contributed by atoms with Crippen molar-refractivity contribution in [3.63, 3.8) is 0 Å². The van der Waals surface area contributed by atoms with Crippen molar-refractivity contribution >= 4 is 17.1 Å². The van der Waals surface area contributed by atoms with Crippen LogP contribution in [0.15, 0.2) is 55.0 Å². The number of benzene rings is 1. The Morgan fingerprint density at radius 1 is 1.11 bits per heavy atom. The topological polar surface area (TPSA) is 111 Å². The number of piperazine rings is 1. The molecule has 1 aromatic carbocycles. The molecule has 9 heteroatoms. The number of H-pyrrole nitrogens is 1. The average Bonchev–Trinajstić information content (AvgIpc) is 3.29. The second-order valence-corrected chi connectivity index (χ2v) is 10.5. The van der Waals surface area contributed by atoms with Crippen molar-refractivity contribution in [2.75, 3.05) is 26.2 Å². The van der Waals surface area contributed by atoms with E-state index < -0.39 is 5.60 Å². The first-order chi connectivity index (χ1) is 18.3. The third-order valence-electron chi connectivity index (χ3n) is 6.44. The number of rotatable bonds is 5. The van der Waals surface area contributed by atoms with Crippen molar-refractivity contribution in [1.82, 2.24) is 29.7 Å². The standard InChI is InChI=1S/C29H31N7O2/c1-29(2,3)38-28(37)36-12-10-35(11-13-36)19-20-6-9-32-23(14-20)16-27-33-25-5-4-21(15-26(25)34-27)24-7-8-31-18-22(24)17-30/h4-9,14-15,18H,10-13,16,19H2,1-3H3,(H,33,34). The minimum atomic E-state index is -0.482. The van der Waals surface area contributed by atoms with E-state index in [1.165, 1.54) is 5.56 Å². The number of hydrogen-bond acceptors (Lipinski definition) is 7. The summed E-state index contributed by atoms with van der Waals surface area (Å²) in [6.07, 6.45) is 5.46. The maximum Gasteiger partial charge on any atom is 0.410 e. The second kappa shape index (κ2) is 10.6. The fraction of sp³-hybridized carbons (Fsp3) is 0.345. The first-order valence-corrected chi connectivity index (χ1v) is 12.7. The van der Waals surface area contributed by atoms with Crippen LogP contribution in [0.25, 0.3) is 22.2 Å². The van der Waals surface area contributed by atoms with E-state index in [-0.39, 0.29) is 6.09 Å². The summed E-state index contributed by atoms with van der Waals surface area (Å²) in [7, 11) is 0. The van der Waals surface area contributed by atoms with Gasteiger partial charge in [0.25, 0.3) is 0 Å². The number of amides is 1. The molecule has 1 amide bonds. The summed E-state index contributed by atoms with van der Waals surface area (Å²) in [5.74, 6) is 0.836. The largest absolute Gasteiger partial charge is 0.444 e. The van der Waals surface area contributed by atoms with E-state index in [1.54, 1.807) is 17.3 Å². The molecule has 0 aliphatic carbocycles. The molecule has 5 rings (SSSR count). The van der Waals surface area contributed by atoms with Gasteiger partial charge in [0.2, 0.25) is 0 Å². The molecule has 0 unspecified atom stereocenters. The molecule has 4 heterocycles. The number of carbonyl (C=O) groups is 1. The molecule has 1 aliphatic rings. The van der Waals surface area contributed by atoms with Gasteiger partial charge in [-0.05, 0) is 62.2 Å². The number of nitriles is 1. The van der Waals surface area contributed by atoms with Gasteiger partial charge < -0.3 is 14.6 Å². The summed E-state index contributed by atoms with van der Waals surface area (Å²) in [4.78, 5) is 33.2. The highest BCUT2D eigenvalue weighted by molar-refractivity contribution is 5.83. The summed E-state index contributed by atoms with van der Waals surface area (Å²) < 4.78 is 5.50. The number of imidazole rings is 1. The van der Waals surface area contributed by atoms with Crippen LogP contribution in [0.4, 0.5) is 4.79 Å². The van der Waals surface area contributed by atoms with Crippen LogP contribution in [-0.4, -0.2) is 67.6 Å². The van der Waals surface area contributed by atoms with E-state index in [0.29, 0.717) is 25.1 Å². The summed E-state index contributed by atoms with van der Waals surface area (Å²) in [6.45, 7) is 9.37. The number of aromatic amines is 1. The number of nitrogens with zero attached hydrogens (tertiary/aromatic N) is 6. The Morgan fingerprint density at radius 3 is 2.68 bits per heavy atom. The van der Waals surface area contributed by atoms with Crippen LogP contribution in [0.1, 0.15) is 43.4 Å². The molecule has 3 aromatic heterocycles. The Morgan fingerprint density at radius 2 is 1.92 bits per heavy atom. The van der Waals surface area contributed by atoms with Crippen LogP contribution >= 0.6 is 0 Å². The summed E-state index contributed by atoms with van der Waals surface area (Å²) >= 11 is 0. The van der Waals surface area contributed by atoms with Crippen LogP contribution in [0.5, 0.6) is 0 Å². The smallest absolute Gasteiger partial charge is 0.410 e. The summed E-state index contributed by atoms with van der Waals surface area (Å²) in [5.41, 5.74) is 5.76. The predicted molar refractivity (Wildman–Crippen MR) is 144 cm³/mol. The predicted octanol–water partition coefficient (Wildman–Crippen LogP) is 4.54. The summed E-state index contributed by atoms with van der Waals surface area (Å²) in [5, 5.41) is 9.42. The SMILES string of the molecule is CC(C)(C)OC(=O)N1CCN(Cc2ccnc(Cc3nc4ccc(-c5ccncc5C#N)cc4[nH]3)c2)CC1. The van der Waals surface area contributed by atoms with Crippen LogP contribution in [0.2, 0.25) is 0 Å². The lowest BCUT2D eigenvalue weighted by atomic mass is 10.0. The Labute approximate surface area is 222 Å². The molecular formula is C29H31N7O2. The first-order valence-electron chi connectivity index (χ1n) is 12.7. The number of nitrogens with one attached hydrogen (secondary N) is 1. The molecule has 1 N–H and O–H groups in total. The van der Waals surface area contributed by atoms with Gasteiger partial charge >= 0.3 is 6.09 Å². The molecule has 194 valence electrons. The highest BCUT2D eigenvalue weighted by Gasteiger charge is 2.25. The second-order valence-electron chi connectivity index (χ2n) is 10.5. The maximum absolute atomic E-state index is 12.3. The van der Waals surface area contributed by atoms with E-state index >= 15 is 0 Å². The van der Waals surface area contributed by atoms with Crippen molar-refractivity contribution in [2.24, 2.45) is 0 Å². The van der Waals surface area contributed by atoms with Gasteiger partial charge in [-0.25, -0.2) is 9.78 Å². The highest BCUT2D eigenvalue weighted by Crippen LogP contribution is 2.26. The molecule has 4 aromatic rings. The van der Waals surface area contributed by atoms with Gasteiger partial charge in [0.1, 0.15) is 17.5 Å². The van der Waals surface area contributed by atoms with Crippen molar-refractivity contribution in [3.05, 3.63) is 77.6 Å². The van der Waals surface area contributed by atoms with E-state index in [9.17, 15) is 10.1 Å². The lowest BCUT2D eigenvalue weighted by Crippen LogP contribution is -2.49. The van der Waals surface area contributed by atoms with Crippen molar-refractivity contribution in [1.29, 1.82) is 5.26 Å². The third kappa shape index (κ3) is 5.98. The van der Waals surface area contributed by atoms with Crippen molar-refractivity contribution in [3.8, 4) is 17.2 Å². The molecule has 0 radical (unpaired) electrons. The molecule has 0 atom stereocenters. The first kappa shape index (κ1) is 25.4. The quantitative estimate of drug-likeness (QED) is 0.421. The highest BCUT2D eigenvalue weighted by atomic mass is 16.6. The lowest BCUT2D eigenvalue weighted by Gasteiger charge is -2.35. The molecule has 0 bridgehead atoms. The van der Waals surface area contributed by atoms with E-state index in [1.807, 2.05) is 57.3 Å².